The zero-order chi connectivity index (χ0) is 21.0. The molecule has 0 aliphatic heterocycles. The molecule has 0 aliphatic carbocycles. The molecule has 0 aliphatic rings. The number of aromatic nitrogens is 1. The number of aryl methyl sites for hydroxylation is 1. The van der Waals surface area contributed by atoms with Crippen molar-refractivity contribution >= 4 is 17.6 Å². The fraction of sp³-hybridized carbons (Fsp3) is 0.143. The molecule has 2 aromatic carbocycles. The first-order valence-electron chi connectivity index (χ1n) is 8.77. The zero-order valence-electron chi connectivity index (χ0n) is 15.5. The summed E-state index contributed by atoms with van der Waals surface area (Å²) >= 11 is 0. The van der Waals surface area contributed by atoms with Gasteiger partial charge in [-0.25, -0.2) is 9.37 Å². The number of oxazole rings is 1. The summed E-state index contributed by atoms with van der Waals surface area (Å²) < 4.78 is 19.0. The first-order valence-corrected chi connectivity index (χ1v) is 8.77. The Bertz CT molecular complexity index is 1060. The molecular weight excluding hydrogens is 377 g/mol. The molecule has 148 valence electrons. The van der Waals surface area contributed by atoms with Gasteiger partial charge in [0.05, 0.1) is 0 Å². The van der Waals surface area contributed by atoms with Crippen LogP contribution in [-0.2, 0) is 16.0 Å². The summed E-state index contributed by atoms with van der Waals surface area (Å²) in [6, 6.07) is 13.2. The molecular formula is C21H18FN3O4. The highest BCUT2D eigenvalue weighted by atomic mass is 19.1. The second-order valence-corrected chi connectivity index (χ2v) is 6.37. The van der Waals surface area contributed by atoms with Crippen molar-refractivity contribution in [2.75, 3.05) is 0 Å². The molecule has 8 heteroatoms. The lowest BCUT2D eigenvalue weighted by molar-refractivity contribution is -0.137. The minimum absolute atomic E-state index is 0.0662. The van der Waals surface area contributed by atoms with Crippen LogP contribution in [0.1, 0.15) is 22.0 Å². The highest BCUT2D eigenvalue weighted by molar-refractivity contribution is 6.38. The van der Waals surface area contributed by atoms with Gasteiger partial charge in [0.15, 0.2) is 5.89 Å². The molecule has 0 fully saturated rings. The molecule has 0 spiro atoms. The van der Waals surface area contributed by atoms with Crippen LogP contribution in [0.2, 0.25) is 0 Å². The van der Waals surface area contributed by atoms with Crippen molar-refractivity contribution in [2.45, 2.75) is 19.4 Å². The fourth-order valence-corrected chi connectivity index (χ4v) is 2.87. The van der Waals surface area contributed by atoms with Crippen LogP contribution in [0.3, 0.4) is 0 Å². The van der Waals surface area contributed by atoms with E-state index in [1.165, 1.54) is 25.1 Å². The topological polar surface area (TPSA) is 115 Å². The van der Waals surface area contributed by atoms with Crippen LogP contribution in [0.5, 0.6) is 0 Å². The van der Waals surface area contributed by atoms with E-state index in [1.807, 2.05) is 0 Å². The number of amides is 2. The van der Waals surface area contributed by atoms with Gasteiger partial charge < -0.3 is 15.5 Å². The summed E-state index contributed by atoms with van der Waals surface area (Å²) in [6.07, 6.45) is 0.0662. The Morgan fingerprint density at radius 1 is 1.14 bits per heavy atom. The highest BCUT2D eigenvalue weighted by Crippen LogP contribution is 2.24. The third-order valence-electron chi connectivity index (χ3n) is 4.19. The molecule has 3 aromatic rings. The van der Waals surface area contributed by atoms with Gasteiger partial charge in [-0.15, -0.1) is 0 Å². The lowest BCUT2D eigenvalue weighted by atomic mass is 10.0. The van der Waals surface area contributed by atoms with Gasteiger partial charge >= 0.3 is 0 Å². The number of rotatable bonds is 7. The van der Waals surface area contributed by atoms with E-state index >= 15 is 0 Å². The second-order valence-electron chi connectivity index (χ2n) is 6.37. The van der Waals surface area contributed by atoms with Crippen molar-refractivity contribution in [1.82, 2.24) is 10.3 Å². The summed E-state index contributed by atoms with van der Waals surface area (Å²) in [6.45, 7) is 1.54. The van der Waals surface area contributed by atoms with Gasteiger partial charge in [0.1, 0.15) is 17.6 Å². The van der Waals surface area contributed by atoms with Crippen molar-refractivity contribution in [2.24, 2.45) is 5.73 Å². The van der Waals surface area contributed by atoms with Crippen LogP contribution >= 0.6 is 0 Å². The smallest absolute Gasteiger partial charge is 0.290 e. The van der Waals surface area contributed by atoms with Gasteiger partial charge in [-0.05, 0) is 17.7 Å². The van der Waals surface area contributed by atoms with Crippen LogP contribution in [0.4, 0.5) is 4.39 Å². The molecule has 2 amide bonds. The average molecular weight is 395 g/mol. The monoisotopic (exact) mass is 395 g/mol. The number of nitrogens with two attached hydrogens (primary N) is 1. The number of hydrogen-bond acceptors (Lipinski definition) is 5. The van der Waals surface area contributed by atoms with Gasteiger partial charge in [0, 0.05) is 18.9 Å². The Morgan fingerprint density at radius 3 is 2.52 bits per heavy atom. The largest absolute Gasteiger partial charge is 0.435 e. The first kappa shape index (κ1) is 19.9. The van der Waals surface area contributed by atoms with Gasteiger partial charge in [0.2, 0.25) is 11.5 Å². The molecule has 3 rings (SSSR count). The van der Waals surface area contributed by atoms with Crippen LogP contribution in [0.25, 0.3) is 11.3 Å². The van der Waals surface area contributed by atoms with E-state index in [-0.39, 0.29) is 23.8 Å². The minimum atomic E-state index is -1.19. The van der Waals surface area contributed by atoms with Crippen LogP contribution in [0.15, 0.2) is 59.0 Å². The third-order valence-corrected chi connectivity index (χ3v) is 4.19. The van der Waals surface area contributed by atoms with Crippen molar-refractivity contribution < 1.29 is 23.2 Å². The lowest BCUT2D eigenvalue weighted by Gasteiger charge is -2.16. The van der Waals surface area contributed by atoms with E-state index in [2.05, 4.69) is 10.3 Å². The molecule has 1 aromatic heterocycles. The quantitative estimate of drug-likeness (QED) is 0.595. The number of nitrogens with one attached hydrogen (secondary N) is 1. The van der Waals surface area contributed by atoms with Gasteiger partial charge in [0.25, 0.3) is 11.8 Å². The summed E-state index contributed by atoms with van der Waals surface area (Å²) in [5.41, 5.74) is 6.33. The SMILES string of the molecule is Cc1nc(-c2cccc(F)c2)c(C(=O)N[C@@H](Cc2ccccc2)C(=O)C(N)=O)o1. The number of halogens is 1. The van der Waals surface area contributed by atoms with Crippen LogP contribution in [-0.4, -0.2) is 28.6 Å². The molecule has 3 N–H and O–H groups in total. The maximum Gasteiger partial charge on any atom is 0.290 e. The van der Waals surface area contributed by atoms with E-state index in [0.29, 0.717) is 5.56 Å². The van der Waals surface area contributed by atoms with Gasteiger partial charge in [-0.2, -0.15) is 0 Å². The predicted octanol–water partition coefficient (Wildman–Crippen LogP) is 2.18. The number of primary amides is 1. The Morgan fingerprint density at radius 2 is 1.86 bits per heavy atom. The van der Waals surface area contributed by atoms with E-state index in [4.69, 9.17) is 10.2 Å². The Balaban J connectivity index is 1.90. The van der Waals surface area contributed by atoms with E-state index in [9.17, 15) is 18.8 Å². The Kier molecular flexibility index (Phi) is 5.82. The molecule has 0 saturated heterocycles. The molecule has 29 heavy (non-hydrogen) atoms. The summed E-state index contributed by atoms with van der Waals surface area (Å²) in [4.78, 5) is 40.6. The number of ketones is 1. The number of carbonyl (C=O) groups excluding carboxylic acids is 3. The fourth-order valence-electron chi connectivity index (χ4n) is 2.87. The Hall–Kier alpha value is -3.81. The van der Waals surface area contributed by atoms with Gasteiger partial charge in [-0.1, -0.05) is 42.5 Å². The number of Topliss-reactive ketones (excluding diaryl/α,β-unsaturated/α-hetero) is 1. The second kappa shape index (κ2) is 8.47. The first-order chi connectivity index (χ1) is 13.8. The normalized spacial score (nSPS) is 11.7. The maximum absolute atomic E-state index is 13.6. The minimum Gasteiger partial charge on any atom is -0.435 e. The summed E-state index contributed by atoms with van der Waals surface area (Å²) in [5, 5.41) is 2.48. The van der Waals surface area contributed by atoms with E-state index in [0.717, 1.165) is 5.56 Å². The molecule has 0 unspecified atom stereocenters. The summed E-state index contributed by atoms with van der Waals surface area (Å²) in [5.74, 6) is -3.37. The van der Waals surface area contributed by atoms with Crippen molar-refractivity contribution in [3.63, 3.8) is 0 Å². The molecule has 0 saturated carbocycles. The molecule has 0 radical (unpaired) electrons. The molecule has 7 nitrogen and oxygen atoms in total. The predicted molar refractivity (Wildman–Crippen MR) is 102 cm³/mol. The maximum atomic E-state index is 13.6. The number of carbonyl (C=O) groups is 3. The van der Waals surface area contributed by atoms with E-state index < -0.39 is 29.5 Å². The van der Waals surface area contributed by atoms with Crippen molar-refractivity contribution in [3.8, 4) is 11.3 Å². The standard InChI is InChI=1S/C21H18FN3O4/c1-12-24-17(14-8-5-9-15(22)11-14)19(29-12)21(28)25-16(18(26)20(23)27)10-13-6-3-2-4-7-13/h2-9,11,16H,10H2,1H3,(H2,23,27)(H,25,28)/t16-/m0/s1. The summed E-state index contributed by atoms with van der Waals surface area (Å²) in [7, 11) is 0. The number of benzene rings is 2. The van der Waals surface area contributed by atoms with Crippen molar-refractivity contribution in [1.29, 1.82) is 0 Å². The molecule has 1 heterocycles. The Labute approximate surface area is 165 Å². The van der Waals surface area contributed by atoms with Gasteiger partial charge in [-0.3, -0.25) is 14.4 Å². The van der Waals surface area contributed by atoms with Crippen molar-refractivity contribution in [3.05, 3.63) is 77.6 Å². The lowest BCUT2D eigenvalue weighted by Crippen LogP contribution is -2.47. The number of nitrogens with zero attached hydrogens (tertiary/aromatic N) is 1. The highest BCUT2D eigenvalue weighted by Gasteiger charge is 2.29. The zero-order valence-corrected chi connectivity index (χ0v) is 15.5. The molecule has 1 atom stereocenters. The van der Waals surface area contributed by atoms with E-state index in [1.54, 1.807) is 36.4 Å². The van der Waals surface area contributed by atoms with Crippen LogP contribution in [0, 0.1) is 12.7 Å². The number of hydrogen-bond donors (Lipinski definition) is 2. The molecule has 0 bridgehead atoms. The average Bonchev–Trinajstić information content (AvgIpc) is 3.09. The third kappa shape index (κ3) is 4.73. The van der Waals surface area contributed by atoms with Crippen LogP contribution < -0.4 is 11.1 Å².